The first-order valence-corrected chi connectivity index (χ1v) is 11.6. The largest absolute Gasteiger partial charge is 0.386 e. The number of benzene rings is 1. The predicted octanol–water partition coefficient (Wildman–Crippen LogP) is 5.05. The number of aromatic nitrogens is 3. The summed E-state index contributed by atoms with van der Waals surface area (Å²) in [5.74, 6) is -0.274. The molecule has 1 amide bonds. The molecule has 1 aromatic carbocycles. The third-order valence-electron chi connectivity index (χ3n) is 6.51. The molecule has 1 fully saturated rings. The fraction of sp³-hybridized carbons (Fsp3) is 0.462. The number of aliphatic hydroxyl groups is 1. The molecule has 180 valence electrons. The molecule has 1 aliphatic rings. The van der Waals surface area contributed by atoms with E-state index < -0.39 is 17.2 Å². The van der Waals surface area contributed by atoms with E-state index in [1.807, 2.05) is 16.9 Å². The van der Waals surface area contributed by atoms with Crippen molar-refractivity contribution in [3.8, 4) is 0 Å². The number of amides is 1. The molecule has 8 heteroatoms. The minimum atomic E-state index is -1.60. The summed E-state index contributed by atoms with van der Waals surface area (Å²) in [6.45, 7) is 6.13. The Bertz CT molecular complexity index is 1200. The second kappa shape index (κ2) is 8.91. The average molecular weight is 467 g/mol. The molecular formula is C26H31FN4O3. The van der Waals surface area contributed by atoms with Crippen molar-refractivity contribution in [2.24, 2.45) is 5.92 Å². The molecule has 7 nitrogen and oxygen atoms in total. The number of nitrogens with zero attached hydrogens (tertiary/aromatic N) is 3. The van der Waals surface area contributed by atoms with Gasteiger partial charge in [0.05, 0.1) is 28.4 Å². The molecule has 4 rings (SSSR count). The van der Waals surface area contributed by atoms with Gasteiger partial charge in [0, 0.05) is 34.9 Å². The SMILES string of the molecule is CC(C)(O)c1cc2nn(C3CCC(C=O)CC3)cc2cc1NC(=O)c1ccc(C(C)(C)F)nc1. The highest BCUT2D eigenvalue weighted by molar-refractivity contribution is 6.05. The summed E-state index contributed by atoms with van der Waals surface area (Å²) in [4.78, 5) is 28.1. The van der Waals surface area contributed by atoms with Crippen LogP contribution < -0.4 is 5.32 Å². The standard InChI is InChI=1S/C26H31FN4O3/c1-25(2,27)23-10-7-17(13-28-23)24(33)29-22-11-18-14-31(19-8-5-16(15-32)6-9-19)30-21(18)12-20(22)26(3,4)34/h7,10-16,19,34H,5-6,8-9H2,1-4H3,(H,29,33). The molecule has 0 unspecified atom stereocenters. The van der Waals surface area contributed by atoms with Gasteiger partial charge in [0.25, 0.3) is 5.91 Å². The number of rotatable bonds is 6. The highest BCUT2D eigenvalue weighted by Crippen LogP contribution is 2.35. The quantitative estimate of drug-likeness (QED) is 0.496. The van der Waals surface area contributed by atoms with Crippen LogP contribution in [0.15, 0.2) is 36.7 Å². The van der Waals surface area contributed by atoms with E-state index >= 15 is 0 Å². The molecule has 0 atom stereocenters. The van der Waals surface area contributed by atoms with Gasteiger partial charge in [-0.1, -0.05) is 0 Å². The second-order valence-corrected chi connectivity index (χ2v) is 10.2. The molecule has 0 bridgehead atoms. The van der Waals surface area contributed by atoms with Gasteiger partial charge in [-0.15, -0.1) is 0 Å². The summed E-state index contributed by atoms with van der Waals surface area (Å²) >= 11 is 0. The van der Waals surface area contributed by atoms with E-state index in [1.165, 1.54) is 32.2 Å². The van der Waals surface area contributed by atoms with Gasteiger partial charge in [0.2, 0.25) is 0 Å². The number of carbonyl (C=O) groups excluding carboxylic acids is 2. The van der Waals surface area contributed by atoms with Crippen LogP contribution >= 0.6 is 0 Å². The first-order valence-electron chi connectivity index (χ1n) is 11.6. The molecule has 0 spiro atoms. The summed E-state index contributed by atoms with van der Waals surface area (Å²) in [5.41, 5.74) is -0.538. The molecule has 1 aliphatic carbocycles. The minimum absolute atomic E-state index is 0.129. The van der Waals surface area contributed by atoms with Crippen molar-refractivity contribution in [1.82, 2.24) is 14.8 Å². The summed E-state index contributed by atoms with van der Waals surface area (Å²) in [6.07, 6.45) is 7.82. The number of anilines is 1. The highest BCUT2D eigenvalue weighted by atomic mass is 19.1. The third kappa shape index (κ3) is 5.01. The second-order valence-electron chi connectivity index (χ2n) is 10.2. The predicted molar refractivity (Wildman–Crippen MR) is 128 cm³/mol. The van der Waals surface area contributed by atoms with Crippen LogP contribution in [-0.2, 0) is 16.1 Å². The Labute approximate surface area is 198 Å². The van der Waals surface area contributed by atoms with Crippen molar-refractivity contribution in [3.63, 3.8) is 0 Å². The van der Waals surface area contributed by atoms with Crippen molar-refractivity contribution < 1.29 is 19.1 Å². The van der Waals surface area contributed by atoms with Crippen LogP contribution in [-0.4, -0.2) is 32.1 Å². The molecule has 34 heavy (non-hydrogen) atoms. The van der Waals surface area contributed by atoms with Crippen LogP contribution in [0.25, 0.3) is 10.9 Å². The van der Waals surface area contributed by atoms with Gasteiger partial charge in [0.15, 0.2) is 0 Å². The van der Waals surface area contributed by atoms with Gasteiger partial charge in [-0.3, -0.25) is 14.5 Å². The fourth-order valence-corrected chi connectivity index (χ4v) is 4.46. The Morgan fingerprint density at radius 3 is 2.44 bits per heavy atom. The molecule has 1 saturated carbocycles. The number of nitrogens with one attached hydrogen (secondary N) is 1. The summed E-state index contributed by atoms with van der Waals surface area (Å²) in [5, 5.41) is 19.2. The molecule has 2 aromatic heterocycles. The van der Waals surface area contributed by atoms with Gasteiger partial charge in [-0.2, -0.15) is 5.10 Å². The lowest BCUT2D eigenvalue weighted by Gasteiger charge is -2.25. The van der Waals surface area contributed by atoms with E-state index in [2.05, 4.69) is 10.3 Å². The lowest BCUT2D eigenvalue weighted by molar-refractivity contribution is -0.112. The van der Waals surface area contributed by atoms with Gasteiger partial charge in [-0.05, 0) is 77.6 Å². The average Bonchev–Trinajstić information content (AvgIpc) is 3.20. The summed E-state index contributed by atoms with van der Waals surface area (Å²) < 4.78 is 16.0. The van der Waals surface area contributed by atoms with Crippen molar-refractivity contribution >= 4 is 28.8 Å². The smallest absolute Gasteiger partial charge is 0.257 e. The number of hydrogen-bond acceptors (Lipinski definition) is 5. The zero-order valence-corrected chi connectivity index (χ0v) is 20.0. The minimum Gasteiger partial charge on any atom is -0.386 e. The molecule has 3 aromatic rings. The van der Waals surface area contributed by atoms with Crippen LogP contribution in [0, 0.1) is 5.92 Å². The van der Waals surface area contributed by atoms with Crippen LogP contribution in [0.1, 0.15) is 81.0 Å². The van der Waals surface area contributed by atoms with E-state index in [4.69, 9.17) is 5.10 Å². The lowest BCUT2D eigenvalue weighted by atomic mass is 9.87. The normalized spacial score (nSPS) is 19.2. The molecule has 0 aliphatic heterocycles. The maximum atomic E-state index is 14.1. The number of alkyl halides is 1. The monoisotopic (exact) mass is 466 g/mol. The Balaban J connectivity index is 1.63. The van der Waals surface area contributed by atoms with E-state index in [1.54, 1.807) is 19.9 Å². The number of aldehydes is 1. The van der Waals surface area contributed by atoms with Crippen LogP contribution in [0.3, 0.4) is 0 Å². The number of hydrogen-bond donors (Lipinski definition) is 2. The van der Waals surface area contributed by atoms with E-state index in [-0.39, 0.29) is 23.2 Å². The number of fused-ring (bicyclic) bond motifs is 1. The maximum absolute atomic E-state index is 14.1. The molecule has 2 heterocycles. The van der Waals surface area contributed by atoms with Crippen molar-refractivity contribution in [1.29, 1.82) is 0 Å². The molecule has 0 radical (unpaired) electrons. The Morgan fingerprint density at radius 1 is 1.18 bits per heavy atom. The Morgan fingerprint density at radius 2 is 1.88 bits per heavy atom. The van der Waals surface area contributed by atoms with Crippen LogP contribution in [0.2, 0.25) is 0 Å². The highest BCUT2D eigenvalue weighted by Gasteiger charge is 2.26. The third-order valence-corrected chi connectivity index (χ3v) is 6.51. The van der Waals surface area contributed by atoms with Gasteiger partial charge in [-0.25, -0.2) is 4.39 Å². The lowest BCUT2D eigenvalue weighted by Crippen LogP contribution is -2.21. The van der Waals surface area contributed by atoms with E-state index in [9.17, 15) is 19.1 Å². The molecular weight excluding hydrogens is 435 g/mol. The molecule has 2 N–H and O–H groups in total. The van der Waals surface area contributed by atoms with Gasteiger partial charge >= 0.3 is 0 Å². The number of carbonyl (C=O) groups is 2. The van der Waals surface area contributed by atoms with E-state index in [0.717, 1.165) is 42.9 Å². The summed E-state index contributed by atoms with van der Waals surface area (Å²) in [6, 6.07) is 6.86. The Kier molecular flexibility index (Phi) is 6.29. The Hall–Kier alpha value is -3.13. The molecule has 0 saturated heterocycles. The van der Waals surface area contributed by atoms with Gasteiger partial charge < -0.3 is 15.2 Å². The van der Waals surface area contributed by atoms with Crippen molar-refractivity contribution in [2.45, 2.75) is 70.7 Å². The zero-order chi connectivity index (χ0) is 24.7. The van der Waals surface area contributed by atoms with E-state index in [0.29, 0.717) is 11.3 Å². The van der Waals surface area contributed by atoms with Gasteiger partial charge in [0.1, 0.15) is 12.0 Å². The fourth-order valence-electron chi connectivity index (χ4n) is 4.46. The van der Waals surface area contributed by atoms with Crippen molar-refractivity contribution in [3.05, 3.63) is 53.5 Å². The zero-order valence-electron chi connectivity index (χ0n) is 20.0. The first-order chi connectivity index (χ1) is 16.0. The number of halogens is 1. The van der Waals surface area contributed by atoms with Crippen LogP contribution in [0.5, 0.6) is 0 Å². The topological polar surface area (TPSA) is 97.1 Å². The first kappa shape index (κ1) is 24.0. The van der Waals surface area contributed by atoms with Crippen LogP contribution in [0.4, 0.5) is 10.1 Å². The number of pyridine rings is 1. The maximum Gasteiger partial charge on any atom is 0.257 e. The van der Waals surface area contributed by atoms with Crippen molar-refractivity contribution in [2.75, 3.05) is 5.32 Å². The summed E-state index contributed by atoms with van der Waals surface area (Å²) in [7, 11) is 0.